The number of carbonyl (C=O) groups is 3. The molecule has 388 valence electrons. The minimum Gasteiger partial charge on any atom is -0.462 e. The number of rotatable bonds is 52. The molecule has 0 N–H and O–H groups in total. The number of hydrogen-bond acceptors (Lipinski definition) is 6. The molecule has 1 unspecified atom stereocenters. The van der Waals surface area contributed by atoms with Crippen LogP contribution in [0, 0.1) is 0 Å². The summed E-state index contributed by atoms with van der Waals surface area (Å²) < 4.78 is 16.8. The Hall–Kier alpha value is -2.89. The van der Waals surface area contributed by atoms with Crippen LogP contribution in [0.1, 0.15) is 290 Å². The van der Waals surface area contributed by atoms with Crippen LogP contribution >= 0.6 is 0 Å². The first-order chi connectivity index (χ1) is 33.0. The van der Waals surface area contributed by atoms with Crippen molar-refractivity contribution in [2.75, 3.05) is 13.2 Å². The summed E-state index contributed by atoms with van der Waals surface area (Å²) >= 11 is 0. The monoisotopic (exact) mass is 937 g/mol. The van der Waals surface area contributed by atoms with E-state index in [1.807, 2.05) is 0 Å². The van der Waals surface area contributed by atoms with Gasteiger partial charge in [0.05, 0.1) is 0 Å². The maximum atomic E-state index is 12.9. The Bertz CT molecular complexity index is 1210. The Kier molecular flexibility index (Phi) is 53.3. The van der Waals surface area contributed by atoms with Gasteiger partial charge in [-0.2, -0.15) is 0 Å². The van der Waals surface area contributed by atoms with Crippen molar-refractivity contribution in [2.24, 2.45) is 0 Å². The van der Waals surface area contributed by atoms with Crippen molar-refractivity contribution < 1.29 is 28.6 Å². The molecule has 0 aliphatic heterocycles. The van der Waals surface area contributed by atoms with E-state index in [0.29, 0.717) is 19.3 Å². The average molecular weight is 938 g/mol. The maximum absolute atomic E-state index is 12.9. The van der Waals surface area contributed by atoms with Gasteiger partial charge in [0, 0.05) is 19.3 Å². The number of allylic oxidation sites excluding steroid dienone is 10. The Morgan fingerprint density at radius 1 is 0.313 bits per heavy atom. The molecule has 6 heteroatoms. The SMILES string of the molecule is CC/C=C\C/C=C\C/C=C\CCCCCC(=O)OCC(COC(=O)CCCCCCCCC/C=C\CCCCCCCCC)OC(=O)CCCCCCCCC/C=C\CCCCCCCCC. The standard InChI is InChI=1S/C61H108O6/c1-4-7-10-13-16-19-22-25-27-29-31-33-36-39-42-45-48-51-54-60(63)66-57-58(56-65-59(62)53-50-47-44-41-38-35-24-21-18-15-12-9-6-3)67-61(64)55-52-49-46-43-40-37-34-32-30-28-26-23-20-17-14-11-8-5-2/h9,12,18,21,27-30,35,38,58H,4-8,10-11,13-17,19-20,22-26,31-34,36-37,39-57H2,1-3H3/b12-9-,21-18-,29-27-,30-28-,38-35-. The van der Waals surface area contributed by atoms with E-state index in [1.54, 1.807) is 0 Å². The van der Waals surface area contributed by atoms with Crippen molar-refractivity contribution in [2.45, 2.75) is 297 Å². The second kappa shape index (κ2) is 55.7. The minimum atomic E-state index is -0.790. The van der Waals surface area contributed by atoms with Gasteiger partial charge >= 0.3 is 17.9 Å². The molecule has 6 nitrogen and oxygen atoms in total. The summed E-state index contributed by atoms with van der Waals surface area (Å²) in [4.78, 5) is 38.1. The summed E-state index contributed by atoms with van der Waals surface area (Å²) in [6.07, 6.45) is 69.3. The van der Waals surface area contributed by atoms with Gasteiger partial charge in [0.25, 0.3) is 0 Å². The van der Waals surface area contributed by atoms with Crippen molar-refractivity contribution in [3.63, 3.8) is 0 Å². The molecule has 0 aromatic rings. The van der Waals surface area contributed by atoms with Crippen molar-refractivity contribution in [1.82, 2.24) is 0 Å². The summed E-state index contributed by atoms with van der Waals surface area (Å²) in [5.41, 5.74) is 0. The highest BCUT2D eigenvalue weighted by Gasteiger charge is 2.19. The third kappa shape index (κ3) is 53.9. The van der Waals surface area contributed by atoms with Crippen molar-refractivity contribution in [1.29, 1.82) is 0 Å². The summed E-state index contributed by atoms with van der Waals surface area (Å²) in [6.45, 7) is 6.51. The van der Waals surface area contributed by atoms with Crippen molar-refractivity contribution in [3.8, 4) is 0 Å². The van der Waals surface area contributed by atoms with E-state index in [2.05, 4.69) is 81.5 Å². The molecule has 0 aromatic heterocycles. The molecule has 0 saturated heterocycles. The molecule has 0 aliphatic carbocycles. The van der Waals surface area contributed by atoms with Crippen LogP contribution in [-0.2, 0) is 28.6 Å². The molecule has 0 saturated carbocycles. The van der Waals surface area contributed by atoms with Crippen LogP contribution in [0.2, 0.25) is 0 Å². The highest BCUT2D eigenvalue weighted by molar-refractivity contribution is 5.71. The smallest absolute Gasteiger partial charge is 0.306 e. The van der Waals surface area contributed by atoms with E-state index in [4.69, 9.17) is 14.2 Å². The summed E-state index contributed by atoms with van der Waals surface area (Å²) in [5.74, 6) is -0.916. The van der Waals surface area contributed by atoms with Crippen LogP contribution in [0.25, 0.3) is 0 Å². The van der Waals surface area contributed by atoms with Gasteiger partial charge in [-0.05, 0) is 103 Å². The Morgan fingerprint density at radius 2 is 0.582 bits per heavy atom. The highest BCUT2D eigenvalue weighted by Crippen LogP contribution is 2.15. The van der Waals surface area contributed by atoms with Crippen LogP contribution < -0.4 is 0 Å². The van der Waals surface area contributed by atoms with Gasteiger partial charge in [-0.1, -0.05) is 229 Å². The molecule has 0 amide bonds. The quantitative estimate of drug-likeness (QED) is 0.0262. The Morgan fingerprint density at radius 3 is 0.940 bits per heavy atom. The first-order valence-electron chi connectivity index (χ1n) is 28.8. The topological polar surface area (TPSA) is 78.9 Å². The van der Waals surface area contributed by atoms with Gasteiger partial charge in [-0.15, -0.1) is 0 Å². The van der Waals surface area contributed by atoms with E-state index < -0.39 is 6.10 Å². The fourth-order valence-electron chi connectivity index (χ4n) is 8.15. The summed E-state index contributed by atoms with van der Waals surface area (Å²) in [5, 5.41) is 0. The van der Waals surface area contributed by atoms with E-state index in [-0.39, 0.29) is 31.1 Å². The Balaban J connectivity index is 4.38. The van der Waals surface area contributed by atoms with Gasteiger partial charge in [-0.25, -0.2) is 0 Å². The second-order valence-electron chi connectivity index (χ2n) is 19.2. The lowest BCUT2D eigenvalue weighted by Crippen LogP contribution is -2.30. The third-order valence-corrected chi connectivity index (χ3v) is 12.5. The number of carbonyl (C=O) groups excluding carboxylic acids is 3. The van der Waals surface area contributed by atoms with Gasteiger partial charge in [0.15, 0.2) is 6.10 Å². The molecule has 0 aliphatic rings. The number of esters is 3. The Labute approximate surface area is 415 Å². The van der Waals surface area contributed by atoms with Crippen LogP contribution in [-0.4, -0.2) is 37.2 Å². The maximum Gasteiger partial charge on any atom is 0.306 e. The molecule has 0 fully saturated rings. The molecular weight excluding hydrogens is 829 g/mol. The van der Waals surface area contributed by atoms with Gasteiger partial charge in [0.2, 0.25) is 0 Å². The predicted molar refractivity (Wildman–Crippen MR) is 288 cm³/mol. The second-order valence-corrected chi connectivity index (χ2v) is 19.2. The van der Waals surface area contributed by atoms with Crippen LogP contribution in [0.3, 0.4) is 0 Å². The zero-order chi connectivity index (χ0) is 48.6. The first kappa shape index (κ1) is 64.1. The third-order valence-electron chi connectivity index (χ3n) is 12.5. The van der Waals surface area contributed by atoms with Crippen molar-refractivity contribution in [3.05, 3.63) is 60.8 Å². The van der Waals surface area contributed by atoms with Gasteiger partial charge in [-0.3, -0.25) is 14.4 Å². The molecule has 0 spiro atoms. The fraction of sp³-hybridized carbons (Fsp3) is 0.787. The zero-order valence-corrected chi connectivity index (χ0v) is 44.4. The van der Waals surface area contributed by atoms with E-state index in [0.717, 1.165) is 83.5 Å². The lowest BCUT2D eigenvalue weighted by molar-refractivity contribution is -0.167. The highest BCUT2D eigenvalue weighted by atomic mass is 16.6. The number of unbranched alkanes of at least 4 members (excludes halogenated alkanes) is 31. The van der Waals surface area contributed by atoms with E-state index >= 15 is 0 Å². The molecule has 0 radical (unpaired) electrons. The van der Waals surface area contributed by atoms with Crippen molar-refractivity contribution >= 4 is 17.9 Å². The van der Waals surface area contributed by atoms with Crippen LogP contribution in [0.5, 0.6) is 0 Å². The zero-order valence-electron chi connectivity index (χ0n) is 44.4. The fourth-order valence-corrected chi connectivity index (χ4v) is 8.15. The lowest BCUT2D eigenvalue weighted by Gasteiger charge is -2.18. The molecule has 0 aromatic carbocycles. The molecule has 67 heavy (non-hydrogen) atoms. The summed E-state index contributed by atoms with van der Waals surface area (Å²) in [7, 11) is 0. The molecular formula is C61H108O6. The predicted octanol–water partition coefficient (Wildman–Crippen LogP) is 19.2. The first-order valence-corrected chi connectivity index (χ1v) is 28.8. The normalized spacial score (nSPS) is 12.5. The van der Waals surface area contributed by atoms with Crippen LogP contribution in [0.4, 0.5) is 0 Å². The molecule has 1 atom stereocenters. The molecule has 0 rings (SSSR count). The largest absolute Gasteiger partial charge is 0.462 e. The minimum absolute atomic E-state index is 0.0867. The van der Waals surface area contributed by atoms with Crippen LogP contribution in [0.15, 0.2) is 60.8 Å². The molecule has 0 heterocycles. The lowest BCUT2D eigenvalue weighted by atomic mass is 10.1. The van der Waals surface area contributed by atoms with Gasteiger partial charge in [0.1, 0.15) is 13.2 Å². The average Bonchev–Trinajstić information content (AvgIpc) is 3.33. The van der Waals surface area contributed by atoms with E-state index in [9.17, 15) is 14.4 Å². The summed E-state index contributed by atoms with van der Waals surface area (Å²) in [6, 6.07) is 0. The number of ether oxygens (including phenoxy) is 3. The number of hydrogen-bond donors (Lipinski definition) is 0. The molecule has 0 bridgehead atoms. The van der Waals surface area contributed by atoms with E-state index in [1.165, 1.54) is 167 Å². The van der Waals surface area contributed by atoms with Gasteiger partial charge < -0.3 is 14.2 Å².